The summed E-state index contributed by atoms with van der Waals surface area (Å²) in [5, 5.41) is 0. The Morgan fingerprint density at radius 2 is 2.27 bits per heavy atom. The summed E-state index contributed by atoms with van der Waals surface area (Å²) >= 11 is 3.52. The Labute approximate surface area is 98.0 Å². The van der Waals surface area contributed by atoms with Gasteiger partial charge >= 0.3 is 0 Å². The lowest BCUT2D eigenvalue weighted by atomic mass is 10.1. The molecular weight excluding hydrogens is 252 g/mol. The van der Waals surface area contributed by atoms with Gasteiger partial charge in [0.25, 0.3) is 0 Å². The number of hydrogen-bond acceptors (Lipinski definition) is 1. The van der Waals surface area contributed by atoms with Gasteiger partial charge in [-0.2, -0.15) is 0 Å². The third kappa shape index (κ3) is 2.87. The van der Waals surface area contributed by atoms with E-state index in [1.165, 1.54) is 0 Å². The van der Waals surface area contributed by atoms with Gasteiger partial charge in [0.05, 0.1) is 0 Å². The summed E-state index contributed by atoms with van der Waals surface area (Å²) in [4.78, 5) is 0.453. The minimum Gasteiger partial charge on any atom is -0.453 e. The Morgan fingerprint density at radius 1 is 1.40 bits per heavy atom. The molecule has 0 amide bonds. The zero-order chi connectivity index (χ0) is 10.7. The van der Waals surface area contributed by atoms with Crippen LogP contribution in [0.4, 0.5) is 0 Å². The second kappa shape index (κ2) is 4.55. The topological polar surface area (TPSA) is 13.1 Å². The third-order valence-electron chi connectivity index (χ3n) is 2.12. The fourth-order valence-electron chi connectivity index (χ4n) is 1.32. The molecule has 1 aromatic rings. The number of furan rings is 1. The first-order valence-corrected chi connectivity index (χ1v) is 5.76. The quantitative estimate of drug-likeness (QED) is 0.515. The lowest BCUT2D eigenvalue weighted by molar-refractivity contribution is 0.522. The van der Waals surface area contributed by atoms with Crippen LogP contribution < -0.4 is 0 Å². The highest BCUT2D eigenvalue weighted by atomic mass is 79.9. The highest BCUT2D eigenvalue weighted by molar-refractivity contribution is 9.09. The molecule has 76 valence electrons. The molecule has 0 N–H and O–H groups in total. The summed E-state index contributed by atoms with van der Waals surface area (Å²) in [6, 6.07) is 3.81. The predicted molar refractivity (Wildman–Crippen MR) is 64.9 cm³/mol. The lowest BCUT2D eigenvalue weighted by Gasteiger charge is -2.04. The maximum atomic E-state index is 5.36. The molecule has 0 bridgehead atoms. The van der Waals surface area contributed by atoms with E-state index >= 15 is 0 Å². The first-order chi connectivity index (χ1) is 7.24. The highest BCUT2D eigenvalue weighted by Crippen LogP contribution is 2.16. The van der Waals surface area contributed by atoms with Crippen molar-refractivity contribution in [2.75, 3.05) is 0 Å². The number of rotatable bonds is 0. The van der Waals surface area contributed by atoms with Gasteiger partial charge in [-0.1, -0.05) is 34.0 Å². The molecular formula is C13H11BrO. The Balaban J connectivity index is 2.10. The van der Waals surface area contributed by atoms with Crippen LogP contribution in [-0.2, 0) is 0 Å². The minimum atomic E-state index is 0.453. The van der Waals surface area contributed by atoms with Crippen LogP contribution in [0.2, 0.25) is 0 Å². The van der Waals surface area contributed by atoms with E-state index in [4.69, 9.17) is 4.42 Å². The van der Waals surface area contributed by atoms with Crippen LogP contribution in [0.5, 0.6) is 0 Å². The third-order valence-corrected chi connectivity index (χ3v) is 2.80. The van der Waals surface area contributed by atoms with E-state index in [1.807, 2.05) is 25.1 Å². The van der Waals surface area contributed by atoms with Crippen molar-refractivity contribution in [2.45, 2.75) is 18.2 Å². The summed E-state index contributed by atoms with van der Waals surface area (Å²) in [5.41, 5.74) is 1.06. The lowest BCUT2D eigenvalue weighted by Crippen LogP contribution is -1.95. The maximum Gasteiger partial charge on any atom is 0.177 e. The first-order valence-electron chi connectivity index (χ1n) is 4.85. The Kier molecular flexibility index (Phi) is 3.13. The molecule has 2 heteroatoms. The molecule has 0 fully saturated rings. The van der Waals surface area contributed by atoms with Crippen molar-refractivity contribution in [3.63, 3.8) is 0 Å². The van der Waals surface area contributed by atoms with Gasteiger partial charge in [0.1, 0.15) is 5.76 Å². The number of alkyl halides is 1. The van der Waals surface area contributed by atoms with Gasteiger partial charge in [0.15, 0.2) is 5.76 Å². The molecule has 1 heterocycles. The van der Waals surface area contributed by atoms with Crippen LogP contribution in [-0.4, -0.2) is 4.83 Å². The molecule has 1 unspecified atom stereocenters. The van der Waals surface area contributed by atoms with Crippen molar-refractivity contribution < 1.29 is 4.42 Å². The number of hydrogen-bond donors (Lipinski definition) is 0. The Morgan fingerprint density at radius 3 is 2.87 bits per heavy atom. The van der Waals surface area contributed by atoms with E-state index in [2.05, 4.69) is 39.9 Å². The van der Waals surface area contributed by atoms with Gasteiger partial charge < -0.3 is 4.42 Å². The predicted octanol–water partition coefficient (Wildman–Crippen LogP) is 3.59. The largest absolute Gasteiger partial charge is 0.453 e. The summed E-state index contributed by atoms with van der Waals surface area (Å²) in [6.45, 7) is 1.92. The van der Waals surface area contributed by atoms with E-state index in [0.29, 0.717) is 4.83 Å². The normalized spacial score (nSPS) is 19.3. The molecule has 15 heavy (non-hydrogen) atoms. The smallest absolute Gasteiger partial charge is 0.177 e. The van der Waals surface area contributed by atoms with Crippen molar-refractivity contribution in [3.05, 3.63) is 47.5 Å². The highest BCUT2D eigenvalue weighted by Gasteiger charge is 2.02. The van der Waals surface area contributed by atoms with Crippen LogP contribution in [0.25, 0.3) is 0 Å². The molecule has 0 radical (unpaired) electrons. The molecule has 0 aliphatic heterocycles. The zero-order valence-corrected chi connectivity index (χ0v) is 10.0. The van der Waals surface area contributed by atoms with Crippen molar-refractivity contribution >= 4 is 15.9 Å². The fourth-order valence-corrected chi connectivity index (χ4v) is 1.66. The van der Waals surface area contributed by atoms with Crippen LogP contribution in [0, 0.1) is 18.8 Å². The molecule has 0 saturated carbocycles. The van der Waals surface area contributed by atoms with Crippen molar-refractivity contribution in [1.29, 1.82) is 0 Å². The van der Waals surface area contributed by atoms with Crippen LogP contribution in [0.1, 0.15) is 17.9 Å². The standard InChI is InChI=1S/C13H11BrO/c1-10-2-8-13(15-10)9-5-11-3-6-12(14)7-4-11/h2-4,6,8,12H,7H2,1H3. The summed E-state index contributed by atoms with van der Waals surface area (Å²) < 4.78 is 5.36. The molecule has 1 nitrogen and oxygen atoms in total. The second-order valence-corrected chi connectivity index (χ2v) is 4.61. The van der Waals surface area contributed by atoms with Crippen LogP contribution >= 0.6 is 15.9 Å². The van der Waals surface area contributed by atoms with Gasteiger partial charge in [-0.15, -0.1) is 0 Å². The van der Waals surface area contributed by atoms with Crippen LogP contribution in [0.3, 0.4) is 0 Å². The fraction of sp³-hybridized carbons (Fsp3) is 0.231. The van der Waals surface area contributed by atoms with Gasteiger partial charge in [-0.05, 0) is 37.5 Å². The van der Waals surface area contributed by atoms with E-state index in [9.17, 15) is 0 Å². The summed E-state index contributed by atoms with van der Waals surface area (Å²) in [7, 11) is 0. The molecule has 0 spiro atoms. The second-order valence-electron chi connectivity index (χ2n) is 3.43. The van der Waals surface area contributed by atoms with E-state index in [-0.39, 0.29) is 0 Å². The van der Waals surface area contributed by atoms with E-state index in [1.54, 1.807) is 0 Å². The average molecular weight is 263 g/mol. The van der Waals surface area contributed by atoms with Gasteiger partial charge in [-0.3, -0.25) is 0 Å². The molecule has 1 aromatic heterocycles. The van der Waals surface area contributed by atoms with Crippen molar-refractivity contribution in [3.8, 4) is 11.8 Å². The average Bonchev–Trinajstić information content (AvgIpc) is 2.64. The number of aryl methyl sites for hydroxylation is 1. The molecule has 1 atom stereocenters. The van der Waals surface area contributed by atoms with E-state index in [0.717, 1.165) is 23.5 Å². The number of allylic oxidation sites excluding steroid dienone is 4. The molecule has 0 aromatic carbocycles. The maximum absolute atomic E-state index is 5.36. The van der Waals surface area contributed by atoms with Crippen molar-refractivity contribution in [1.82, 2.24) is 0 Å². The molecule has 0 saturated heterocycles. The van der Waals surface area contributed by atoms with Gasteiger partial charge in [-0.25, -0.2) is 0 Å². The monoisotopic (exact) mass is 262 g/mol. The summed E-state index contributed by atoms with van der Waals surface area (Å²) in [5.74, 6) is 7.70. The molecule has 1 aliphatic carbocycles. The Hall–Kier alpha value is -1.20. The van der Waals surface area contributed by atoms with Gasteiger partial charge in [0, 0.05) is 10.4 Å². The van der Waals surface area contributed by atoms with Gasteiger partial charge in [0.2, 0.25) is 0 Å². The minimum absolute atomic E-state index is 0.453. The SMILES string of the molecule is Cc1ccc(C#CC2=CCC(Br)C=C2)o1. The zero-order valence-electron chi connectivity index (χ0n) is 8.46. The van der Waals surface area contributed by atoms with Crippen molar-refractivity contribution in [2.24, 2.45) is 0 Å². The Bertz CT molecular complexity index is 468. The van der Waals surface area contributed by atoms with Crippen LogP contribution in [0.15, 0.2) is 40.4 Å². The first kappa shape index (κ1) is 10.3. The molecule has 2 rings (SSSR count). The molecule has 1 aliphatic rings. The number of halogens is 1. The van der Waals surface area contributed by atoms with E-state index < -0.39 is 0 Å². The summed E-state index contributed by atoms with van der Waals surface area (Å²) in [6.07, 6.45) is 7.27.